The van der Waals surface area contributed by atoms with E-state index in [0.717, 1.165) is 0 Å². The number of benzene rings is 1. The number of amides is 4. The van der Waals surface area contributed by atoms with Gasteiger partial charge in [-0.2, -0.15) is 0 Å². The lowest BCUT2D eigenvalue weighted by molar-refractivity contribution is -0.132. The summed E-state index contributed by atoms with van der Waals surface area (Å²) in [5.74, 6) is -1.80. The van der Waals surface area contributed by atoms with E-state index in [1.807, 2.05) is 0 Å². The van der Waals surface area contributed by atoms with E-state index >= 15 is 0 Å². The van der Waals surface area contributed by atoms with Crippen molar-refractivity contribution in [3.8, 4) is 5.75 Å². The highest BCUT2D eigenvalue weighted by Gasteiger charge is 2.28. The summed E-state index contributed by atoms with van der Waals surface area (Å²) in [6.45, 7) is 3.38. The Morgan fingerprint density at radius 3 is 2.25 bits per heavy atom. The number of piperazine rings is 1. The molecule has 0 spiro atoms. The standard InChI is InChI=1S/C21H25N5O6/c1-3-32-21(30)26-9-7-25(8-10-26)15(27)11-14-18(31-2)17(20(23)29)16-12(19(22)28)5-4-6-13(16)24-14/h4-6H,3,7-11H2,1-2H3,(H2,22,28)(H2,23,29). The van der Waals surface area contributed by atoms with E-state index in [1.165, 1.54) is 13.2 Å². The molecule has 0 saturated carbocycles. The zero-order chi connectivity index (χ0) is 23.4. The number of ether oxygens (including phenoxy) is 2. The molecule has 1 fully saturated rings. The van der Waals surface area contributed by atoms with E-state index in [1.54, 1.807) is 28.9 Å². The Kier molecular flexibility index (Phi) is 6.76. The van der Waals surface area contributed by atoms with Crippen molar-refractivity contribution in [2.45, 2.75) is 13.3 Å². The van der Waals surface area contributed by atoms with E-state index < -0.39 is 17.9 Å². The van der Waals surface area contributed by atoms with Crippen molar-refractivity contribution in [1.82, 2.24) is 14.8 Å². The molecule has 1 aromatic carbocycles. The van der Waals surface area contributed by atoms with Gasteiger partial charge in [0.05, 0.1) is 36.9 Å². The lowest BCUT2D eigenvalue weighted by atomic mass is 9.99. The fourth-order valence-corrected chi connectivity index (χ4v) is 3.74. The predicted octanol–water partition coefficient (Wildman–Crippen LogP) is 0.284. The maximum Gasteiger partial charge on any atom is 0.409 e. The topological polar surface area (TPSA) is 158 Å². The molecular weight excluding hydrogens is 418 g/mol. The second-order valence-electron chi connectivity index (χ2n) is 7.14. The second-order valence-corrected chi connectivity index (χ2v) is 7.14. The quantitative estimate of drug-likeness (QED) is 0.649. The van der Waals surface area contributed by atoms with Gasteiger partial charge in [0.1, 0.15) is 0 Å². The Hall–Kier alpha value is -3.89. The van der Waals surface area contributed by atoms with Gasteiger partial charge >= 0.3 is 6.09 Å². The maximum absolute atomic E-state index is 12.9. The Bertz CT molecular complexity index is 1080. The maximum atomic E-state index is 12.9. The normalized spacial score (nSPS) is 13.7. The smallest absolute Gasteiger partial charge is 0.409 e. The molecule has 0 bridgehead atoms. The number of pyridine rings is 1. The molecule has 4 amide bonds. The van der Waals surface area contributed by atoms with E-state index in [0.29, 0.717) is 31.7 Å². The second kappa shape index (κ2) is 9.50. The number of aromatic nitrogens is 1. The van der Waals surface area contributed by atoms with Crippen LogP contribution in [-0.2, 0) is 16.0 Å². The van der Waals surface area contributed by atoms with Crippen LogP contribution in [-0.4, -0.2) is 78.5 Å². The van der Waals surface area contributed by atoms with Crippen molar-refractivity contribution in [3.05, 3.63) is 35.0 Å². The van der Waals surface area contributed by atoms with Crippen molar-refractivity contribution in [3.63, 3.8) is 0 Å². The van der Waals surface area contributed by atoms with Crippen LogP contribution < -0.4 is 16.2 Å². The van der Waals surface area contributed by atoms with Crippen LogP contribution in [0.4, 0.5) is 4.79 Å². The Balaban J connectivity index is 1.91. The summed E-state index contributed by atoms with van der Waals surface area (Å²) in [7, 11) is 1.33. The first-order valence-corrected chi connectivity index (χ1v) is 10.1. The van der Waals surface area contributed by atoms with Crippen LogP contribution in [0.3, 0.4) is 0 Å². The molecule has 32 heavy (non-hydrogen) atoms. The minimum Gasteiger partial charge on any atom is -0.494 e. The van der Waals surface area contributed by atoms with E-state index in [4.69, 9.17) is 20.9 Å². The molecule has 0 radical (unpaired) electrons. The van der Waals surface area contributed by atoms with Crippen molar-refractivity contribution < 1.29 is 28.7 Å². The van der Waals surface area contributed by atoms with Crippen LogP contribution in [0.5, 0.6) is 5.75 Å². The van der Waals surface area contributed by atoms with Gasteiger partial charge in [-0.3, -0.25) is 14.4 Å². The third-order valence-electron chi connectivity index (χ3n) is 5.23. The molecule has 0 atom stereocenters. The molecule has 4 N–H and O–H groups in total. The van der Waals surface area contributed by atoms with Crippen LogP contribution in [0.1, 0.15) is 33.3 Å². The summed E-state index contributed by atoms with van der Waals surface area (Å²) >= 11 is 0. The molecule has 1 aliphatic heterocycles. The molecule has 2 aromatic rings. The molecule has 2 heterocycles. The number of carbonyl (C=O) groups excluding carboxylic acids is 4. The minimum atomic E-state index is -0.834. The number of rotatable bonds is 6. The number of fused-ring (bicyclic) bond motifs is 1. The average molecular weight is 443 g/mol. The van der Waals surface area contributed by atoms with Crippen molar-refractivity contribution >= 4 is 34.7 Å². The number of carbonyl (C=O) groups is 4. The highest BCUT2D eigenvalue weighted by molar-refractivity contribution is 6.16. The Labute approximate surface area is 184 Å². The van der Waals surface area contributed by atoms with E-state index in [2.05, 4.69) is 4.98 Å². The SMILES string of the molecule is CCOC(=O)N1CCN(C(=O)Cc2nc3cccc(C(N)=O)c3c(C(N)=O)c2OC)CC1. The predicted molar refractivity (Wildman–Crippen MR) is 114 cm³/mol. The average Bonchev–Trinajstić information content (AvgIpc) is 2.77. The molecule has 1 saturated heterocycles. The molecule has 11 nitrogen and oxygen atoms in total. The first-order valence-electron chi connectivity index (χ1n) is 10.1. The zero-order valence-electron chi connectivity index (χ0n) is 17.9. The van der Waals surface area contributed by atoms with E-state index in [9.17, 15) is 19.2 Å². The molecule has 1 aliphatic rings. The van der Waals surface area contributed by atoms with Gasteiger partial charge in [-0.1, -0.05) is 6.07 Å². The zero-order valence-corrected chi connectivity index (χ0v) is 17.9. The van der Waals surface area contributed by atoms with Crippen LogP contribution in [0.15, 0.2) is 18.2 Å². The Morgan fingerprint density at radius 2 is 1.69 bits per heavy atom. The van der Waals surface area contributed by atoms with Crippen LogP contribution in [0, 0.1) is 0 Å². The van der Waals surface area contributed by atoms with Gasteiger partial charge in [0.25, 0.3) is 5.91 Å². The van der Waals surface area contributed by atoms with Gasteiger partial charge in [0.15, 0.2) is 5.75 Å². The minimum absolute atomic E-state index is 0.0252. The monoisotopic (exact) mass is 443 g/mol. The summed E-state index contributed by atoms with van der Waals surface area (Å²) in [6.07, 6.45) is -0.562. The Morgan fingerprint density at radius 1 is 1.03 bits per heavy atom. The van der Waals surface area contributed by atoms with Crippen molar-refractivity contribution in [1.29, 1.82) is 0 Å². The molecule has 1 aromatic heterocycles. The van der Waals surface area contributed by atoms with Crippen molar-refractivity contribution in [2.24, 2.45) is 11.5 Å². The third kappa shape index (κ3) is 4.41. The highest BCUT2D eigenvalue weighted by atomic mass is 16.6. The number of methoxy groups -OCH3 is 1. The van der Waals surface area contributed by atoms with Crippen LogP contribution in [0.2, 0.25) is 0 Å². The van der Waals surface area contributed by atoms with Gasteiger partial charge in [-0.15, -0.1) is 0 Å². The van der Waals surface area contributed by atoms with Gasteiger partial charge in [-0.25, -0.2) is 9.78 Å². The highest BCUT2D eigenvalue weighted by Crippen LogP contribution is 2.32. The summed E-state index contributed by atoms with van der Waals surface area (Å²) in [6, 6.07) is 4.64. The molecular formula is C21H25N5O6. The largest absolute Gasteiger partial charge is 0.494 e. The summed E-state index contributed by atoms with van der Waals surface area (Å²) in [4.78, 5) is 56.5. The van der Waals surface area contributed by atoms with Gasteiger partial charge in [0, 0.05) is 37.1 Å². The van der Waals surface area contributed by atoms with Gasteiger partial charge in [0.2, 0.25) is 11.8 Å². The summed E-state index contributed by atoms with van der Waals surface area (Å²) < 4.78 is 10.4. The van der Waals surface area contributed by atoms with Gasteiger partial charge < -0.3 is 30.7 Å². The lowest BCUT2D eigenvalue weighted by Crippen LogP contribution is -2.51. The van der Waals surface area contributed by atoms with Crippen LogP contribution in [0.25, 0.3) is 10.9 Å². The van der Waals surface area contributed by atoms with Gasteiger partial charge in [-0.05, 0) is 19.1 Å². The fourth-order valence-electron chi connectivity index (χ4n) is 3.74. The molecule has 170 valence electrons. The van der Waals surface area contributed by atoms with Crippen molar-refractivity contribution in [2.75, 3.05) is 39.9 Å². The number of nitrogens with zero attached hydrogens (tertiary/aromatic N) is 3. The molecule has 0 unspecified atom stereocenters. The first-order chi connectivity index (χ1) is 15.3. The molecule has 3 rings (SSSR count). The summed E-state index contributed by atoms with van der Waals surface area (Å²) in [5, 5.41) is 0.184. The van der Waals surface area contributed by atoms with E-state index in [-0.39, 0.29) is 46.9 Å². The number of nitrogens with two attached hydrogens (primary N) is 2. The summed E-state index contributed by atoms with van der Waals surface area (Å²) in [5.41, 5.74) is 11.6. The first kappa shape index (κ1) is 22.8. The fraction of sp³-hybridized carbons (Fsp3) is 0.381. The lowest BCUT2D eigenvalue weighted by Gasteiger charge is -2.34. The molecule has 0 aliphatic carbocycles. The molecule has 11 heteroatoms. The van der Waals surface area contributed by atoms with Crippen LogP contribution >= 0.6 is 0 Å². The number of primary amides is 2. The number of hydrogen-bond donors (Lipinski definition) is 2. The number of hydrogen-bond acceptors (Lipinski definition) is 7. The third-order valence-corrected chi connectivity index (χ3v) is 5.23.